The number of carbonyl (C=O) groups excluding carboxylic acids is 1. The molecule has 25 heavy (non-hydrogen) atoms. The fraction of sp³-hybridized carbons (Fsp3) is 0.556. The average Bonchev–Trinajstić information content (AvgIpc) is 3.39. The van der Waals surface area contributed by atoms with Gasteiger partial charge in [-0.25, -0.2) is 9.67 Å². The Morgan fingerprint density at radius 2 is 2.04 bits per heavy atom. The van der Waals surface area contributed by atoms with Gasteiger partial charge in [-0.3, -0.25) is 9.59 Å². The van der Waals surface area contributed by atoms with Crippen molar-refractivity contribution in [3.63, 3.8) is 0 Å². The van der Waals surface area contributed by atoms with E-state index in [0.717, 1.165) is 43.0 Å². The lowest BCUT2D eigenvalue weighted by Gasteiger charge is -2.33. The Balaban J connectivity index is 1.53. The lowest BCUT2D eigenvalue weighted by atomic mass is 10.0. The lowest BCUT2D eigenvalue weighted by molar-refractivity contribution is 0.0669. The number of rotatable bonds is 3. The summed E-state index contributed by atoms with van der Waals surface area (Å²) < 4.78 is 1.91. The monoisotopic (exact) mass is 341 g/mol. The minimum Gasteiger partial charge on any atom is -0.336 e. The molecule has 1 aliphatic carbocycles. The van der Waals surface area contributed by atoms with Crippen LogP contribution in [0.4, 0.5) is 0 Å². The molecule has 0 aromatic carbocycles. The molecule has 7 nitrogen and oxygen atoms in total. The standard InChI is InChI=1S/C18H23N5O2/c1-11-19-12(2)23(21-11)14-4-3-9-22(10-14)18(25)15-7-8-16(13-5-6-13)20-17(15)24/h7-8,13-14H,3-6,9-10H2,1-2H3,(H,20,24). The number of H-pyrrole nitrogens is 1. The number of likely N-dealkylation sites (tertiary alicyclic amines) is 1. The Kier molecular flexibility index (Phi) is 3.94. The van der Waals surface area contributed by atoms with Crippen LogP contribution in [-0.2, 0) is 0 Å². The van der Waals surface area contributed by atoms with Gasteiger partial charge in [0.1, 0.15) is 17.2 Å². The zero-order chi connectivity index (χ0) is 17.6. The number of pyridine rings is 1. The van der Waals surface area contributed by atoms with Crippen molar-refractivity contribution < 1.29 is 4.79 Å². The summed E-state index contributed by atoms with van der Waals surface area (Å²) in [6.07, 6.45) is 4.10. The predicted molar refractivity (Wildman–Crippen MR) is 92.7 cm³/mol. The SMILES string of the molecule is Cc1nc(C)n(C2CCCN(C(=O)c3ccc(C4CC4)[nH]c3=O)C2)n1. The van der Waals surface area contributed by atoms with Crippen LogP contribution in [-0.4, -0.2) is 43.6 Å². The van der Waals surface area contributed by atoms with E-state index in [0.29, 0.717) is 19.0 Å². The van der Waals surface area contributed by atoms with Gasteiger partial charge < -0.3 is 9.88 Å². The van der Waals surface area contributed by atoms with Gasteiger partial charge in [0.25, 0.3) is 11.5 Å². The quantitative estimate of drug-likeness (QED) is 0.925. The maximum atomic E-state index is 12.8. The van der Waals surface area contributed by atoms with E-state index in [1.165, 1.54) is 0 Å². The molecule has 0 spiro atoms. The number of nitrogens with one attached hydrogen (secondary N) is 1. The van der Waals surface area contributed by atoms with Crippen molar-refractivity contribution >= 4 is 5.91 Å². The molecule has 1 saturated heterocycles. The summed E-state index contributed by atoms with van der Waals surface area (Å²) in [5, 5.41) is 4.46. The van der Waals surface area contributed by atoms with Crippen molar-refractivity contribution in [2.75, 3.05) is 13.1 Å². The first-order valence-corrected chi connectivity index (χ1v) is 8.95. The second-order valence-electron chi connectivity index (χ2n) is 7.13. The normalized spacial score (nSPS) is 20.7. The van der Waals surface area contributed by atoms with E-state index >= 15 is 0 Å². The van der Waals surface area contributed by atoms with Gasteiger partial charge in [0, 0.05) is 18.8 Å². The van der Waals surface area contributed by atoms with Gasteiger partial charge >= 0.3 is 0 Å². The van der Waals surface area contributed by atoms with Gasteiger partial charge in [-0.1, -0.05) is 0 Å². The highest BCUT2D eigenvalue weighted by Crippen LogP contribution is 2.38. The molecule has 4 rings (SSSR count). The van der Waals surface area contributed by atoms with Crippen LogP contribution >= 0.6 is 0 Å². The van der Waals surface area contributed by atoms with Crippen LogP contribution in [0.15, 0.2) is 16.9 Å². The van der Waals surface area contributed by atoms with Gasteiger partial charge in [-0.15, -0.1) is 0 Å². The van der Waals surface area contributed by atoms with Crippen LogP contribution in [0.5, 0.6) is 0 Å². The molecule has 1 aliphatic heterocycles. The Bertz CT molecular complexity index is 865. The van der Waals surface area contributed by atoms with Crippen molar-refractivity contribution in [2.24, 2.45) is 0 Å². The molecule has 0 radical (unpaired) electrons. The Hall–Kier alpha value is -2.44. The summed E-state index contributed by atoms with van der Waals surface area (Å²) in [5.41, 5.74) is 0.910. The molecule has 1 atom stereocenters. The topological polar surface area (TPSA) is 83.9 Å². The number of piperidine rings is 1. The maximum absolute atomic E-state index is 12.8. The number of aryl methyl sites for hydroxylation is 2. The van der Waals surface area contributed by atoms with Crippen LogP contribution in [0.1, 0.15) is 65.3 Å². The first kappa shape index (κ1) is 16.1. The number of carbonyl (C=O) groups is 1. The smallest absolute Gasteiger partial charge is 0.261 e. The van der Waals surface area contributed by atoms with Crippen LogP contribution in [0.2, 0.25) is 0 Å². The highest BCUT2D eigenvalue weighted by Gasteiger charge is 2.29. The minimum atomic E-state index is -0.274. The van der Waals surface area contributed by atoms with E-state index in [1.807, 2.05) is 24.6 Å². The molecule has 1 amide bonds. The van der Waals surface area contributed by atoms with E-state index in [9.17, 15) is 9.59 Å². The Morgan fingerprint density at radius 3 is 2.68 bits per heavy atom. The number of hydrogen-bond donors (Lipinski definition) is 1. The third-order valence-corrected chi connectivity index (χ3v) is 5.12. The summed E-state index contributed by atoms with van der Waals surface area (Å²) in [7, 11) is 0. The molecular weight excluding hydrogens is 318 g/mol. The van der Waals surface area contributed by atoms with Crippen LogP contribution in [0.25, 0.3) is 0 Å². The Morgan fingerprint density at radius 1 is 1.24 bits per heavy atom. The lowest BCUT2D eigenvalue weighted by Crippen LogP contribution is -2.42. The molecule has 2 aromatic heterocycles. The van der Waals surface area contributed by atoms with Crippen molar-refractivity contribution in [1.82, 2.24) is 24.6 Å². The average molecular weight is 341 g/mol. The fourth-order valence-electron chi connectivity index (χ4n) is 3.68. The molecule has 1 saturated carbocycles. The van der Waals surface area contributed by atoms with E-state index in [1.54, 1.807) is 11.0 Å². The first-order valence-electron chi connectivity index (χ1n) is 8.95. The number of aromatic amines is 1. The number of nitrogens with zero attached hydrogens (tertiary/aromatic N) is 4. The molecule has 132 valence electrons. The van der Waals surface area contributed by atoms with Crippen LogP contribution in [0.3, 0.4) is 0 Å². The molecule has 1 N–H and O–H groups in total. The molecule has 2 aromatic rings. The van der Waals surface area contributed by atoms with E-state index in [-0.39, 0.29) is 23.1 Å². The Labute approximate surface area is 146 Å². The third-order valence-electron chi connectivity index (χ3n) is 5.12. The predicted octanol–water partition coefficient (Wildman–Crippen LogP) is 1.94. The first-order chi connectivity index (χ1) is 12.0. The largest absolute Gasteiger partial charge is 0.336 e. The molecular formula is C18H23N5O2. The minimum absolute atomic E-state index is 0.115. The zero-order valence-electron chi connectivity index (χ0n) is 14.7. The maximum Gasteiger partial charge on any atom is 0.261 e. The van der Waals surface area contributed by atoms with Gasteiger partial charge in [-0.2, -0.15) is 5.10 Å². The van der Waals surface area contributed by atoms with Crippen molar-refractivity contribution in [1.29, 1.82) is 0 Å². The van der Waals surface area contributed by atoms with Crippen LogP contribution in [0, 0.1) is 13.8 Å². The second kappa shape index (κ2) is 6.13. The molecule has 7 heteroatoms. The summed E-state index contributed by atoms with van der Waals surface area (Å²) in [6.45, 7) is 5.04. The molecule has 3 heterocycles. The van der Waals surface area contributed by atoms with Gasteiger partial charge in [0.05, 0.1) is 6.04 Å². The van der Waals surface area contributed by atoms with E-state index < -0.39 is 0 Å². The highest BCUT2D eigenvalue weighted by molar-refractivity contribution is 5.93. The summed E-state index contributed by atoms with van der Waals surface area (Å²) in [6, 6.07) is 3.69. The number of hydrogen-bond acceptors (Lipinski definition) is 4. The van der Waals surface area contributed by atoms with E-state index in [4.69, 9.17) is 0 Å². The second-order valence-corrected chi connectivity index (χ2v) is 7.13. The third kappa shape index (κ3) is 3.10. The highest BCUT2D eigenvalue weighted by atomic mass is 16.2. The molecule has 2 aliphatic rings. The number of aromatic nitrogens is 4. The molecule has 1 unspecified atom stereocenters. The fourth-order valence-corrected chi connectivity index (χ4v) is 3.68. The van der Waals surface area contributed by atoms with Gasteiger partial charge in [-0.05, 0) is 57.6 Å². The number of amides is 1. The van der Waals surface area contributed by atoms with Crippen molar-refractivity contribution in [3.05, 3.63) is 45.4 Å². The summed E-state index contributed by atoms with van der Waals surface area (Å²) in [5.74, 6) is 1.88. The van der Waals surface area contributed by atoms with Gasteiger partial charge in [0.15, 0.2) is 0 Å². The summed E-state index contributed by atoms with van der Waals surface area (Å²) in [4.78, 5) is 34.2. The van der Waals surface area contributed by atoms with Crippen molar-refractivity contribution in [2.45, 2.75) is 51.5 Å². The summed E-state index contributed by atoms with van der Waals surface area (Å²) >= 11 is 0. The molecule has 0 bridgehead atoms. The zero-order valence-corrected chi connectivity index (χ0v) is 14.7. The van der Waals surface area contributed by atoms with Gasteiger partial charge in [0.2, 0.25) is 0 Å². The molecule has 2 fully saturated rings. The van der Waals surface area contributed by atoms with E-state index in [2.05, 4.69) is 15.1 Å². The van der Waals surface area contributed by atoms with Crippen LogP contribution < -0.4 is 5.56 Å². The van der Waals surface area contributed by atoms with Crippen molar-refractivity contribution in [3.8, 4) is 0 Å².